The monoisotopic (exact) mass is 357 g/mol. The molecule has 3 N–H and O–H groups in total. The summed E-state index contributed by atoms with van der Waals surface area (Å²) in [6, 6.07) is 5.11. The second kappa shape index (κ2) is 5.47. The molecule has 5 nitrogen and oxygen atoms in total. The second-order valence-corrected chi connectivity index (χ2v) is 5.26. The number of halogens is 1. The Morgan fingerprint density at radius 2 is 2.22 bits per heavy atom. The normalized spacial score (nSPS) is 20.2. The Labute approximate surface area is 118 Å². The van der Waals surface area contributed by atoms with Crippen LogP contribution in [0.3, 0.4) is 0 Å². The smallest absolute Gasteiger partial charge is 0.251 e. The standard InChI is InChI=1S/C12H12IN3O2/c13-8-2-1-7(9(14)5-8)6-15-10-3-4-11(17)16-12(10)18/h1-2,5-6,10H,3-4,14H2,(H,16,17,18). The molecule has 1 saturated heterocycles. The summed E-state index contributed by atoms with van der Waals surface area (Å²) in [6.07, 6.45) is 2.37. The molecule has 1 atom stereocenters. The summed E-state index contributed by atoms with van der Waals surface area (Å²) in [6.45, 7) is 0. The molecule has 2 amide bonds. The number of nitrogen functional groups attached to an aromatic ring is 1. The van der Waals surface area contributed by atoms with Crippen LogP contribution in [-0.4, -0.2) is 24.1 Å². The molecule has 0 bridgehead atoms. The van der Waals surface area contributed by atoms with Gasteiger partial charge in [-0.2, -0.15) is 0 Å². The fourth-order valence-electron chi connectivity index (χ4n) is 1.66. The van der Waals surface area contributed by atoms with Crippen molar-refractivity contribution in [2.75, 3.05) is 5.73 Å². The number of nitrogens with one attached hydrogen (secondary N) is 1. The van der Waals surface area contributed by atoms with Gasteiger partial charge in [-0.05, 0) is 41.1 Å². The van der Waals surface area contributed by atoms with Gasteiger partial charge in [0, 0.05) is 27.5 Å². The molecule has 2 rings (SSSR count). The number of aliphatic imine (C=N–C) groups is 1. The van der Waals surface area contributed by atoms with E-state index in [9.17, 15) is 9.59 Å². The summed E-state index contributed by atoms with van der Waals surface area (Å²) in [5.41, 5.74) is 7.24. The van der Waals surface area contributed by atoms with Crippen LogP contribution in [0.25, 0.3) is 0 Å². The van der Waals surface area contributed by atoms with E-state index in [1.807, 2.05) is 18.2 Å². The Bertz CT molecular complexity index is 528. The predicted octanol–water partition coefficient (Wildman–Crippen LogP) is 1.10. The molecule has 94 valence electrons. The van der Waals surface area contributed by atoms with Crippen LogP contribution in [0.15, 0.2) is 23.2 Å². The summed E-state index contributed by atoms with van der Waals surface area (Å²) in [5.74, 6) is -0.577. The van der Waals surface area contributed by atoms with Crippen molar-refractivity contribution >= 4 is 46.3 Å². The molecule has 1 aromatic carbocycles. The molecule has 0 aliphatic carbocycles. The first kappa shape index (κ1) is 13.0. The maximum Gasteiger partial charge on any atom is 0.251 e. The van der Waals surface area contributed by atoms with E-state index in [2.05, 4.69) is 32.9 Å². The first-order valence-electron chi connectivity index (χ1n) is 5.48. The van der Waals surface area contributed by atoms with Gasteiger partial charge in [0.2, 0.25) is 5.91 Å². The number of nitrogens with two attached hydrogens (primary N) is 1. The van der Waals surface area contributed by atoms with E-state index in [4.69, 9.17) is 5.73 Å². The highest BCUT2D eigenvalue weighted by Gasteiger charge is 2.25. The first-order chi connectivity index (χ1) is 8.56. The van der Waals surface area contributed by atoms with Gasteiger partial charge in [-0.1, -0.05) is 6.07 Å². The molecule has 0 aromatic heterocycles. The third-order valence-electron chi connectivity index (χ3n) is 2.65. The molecule has 1 heterocycles. The van der Waals surface area contributed by atoms with E-state index < -0.39 is 6.04 Å². The van der Waals surface area contributed by atoms with Crippen LogP contribution in [0.1, 0.15) is 18.4 Å². The quantitative estimate of drug-likeness (QED) is 0.360. The third-order valence-corrected chi connectivity index (χ3v) is 3.32. The molecule has 0 radical (unpaired) electrons. The minimum absolute atomic E-state index is 0.236. The van der Waals surface area contributed by atoms with Gasteiger partial charge in [0.1, 0.15) is 6.04 Å². The Morgan fingerprint density at radius 3 is 2.89 bits per heavy atom. The van der Waals surface area contributed by atoms with E-state index in [-0.39, 0.29) is 11.8 Å². The molecule has 1 unspecified atom stereocenters. The van der Waals surface area contributed by atoms with E-state index in [0.717, 1.165) is 9.13 Å². The van der Waals surface area contributed by atoms with Crippen LogP contribution in [-0.2, 0) is 9.59 Å². The Hall–Kier alpha value is -1.44. The zero-order valence-corrected chi connectivity index (χ0v) is 11.7. The van der Waals surface area contributed by atoms with Gasteiger partial charge in [0.25, 0.3) is 5.91 Å². The van der Waals surface area contributed by atoms with Crippen LogP contribution in [0.5, 0.6) is 0 Å². The number of benzene rings is 1. The van der Waals surface area contributed by atoms with E-state index in [1.54, 1.807) is 6.21 Å². The van der Waals surface area contributed by atoms with Gasteiger partial charge in [-0.3, -0.25) is 19.9 Å². The summed E-state index contributed by atoms with van der Waals surface area (Å²) < 4.78 is 1.04. The maximum absolute atomic E-state index is 11.5. The predicted molar refractivity (Wildman–Crippen MR) is 77.3 cm³/mol. The number of hydrogen-bond donors (Lipinski definition) is 2. The summed E-state index contributed by atoms with van der Waals surface area (Å²) in [7, 11) is 0. The second-order valence-electron chi connectivity index (χ2n) is 4.02. The summed E-state index contributed by atoms with van der Waals surface area (Å²) in [4.78, 5) is 26.7. The zero-order chi connectivity index (χ0) is 13.1. The fraction of sp³-hybridized carbons (Fsp3) is 0.250. The molecule has 0 saturated carbocycles. The van der Waals surface area contributed by atoms with E-state index in [0.29, 0.717) is 18.5 Å². The number of amides is 2. The van der Waals surface area contributed by atoms with Crippen molar-refractivity contribution in [3.63, 3.8) is 0 Å². The number of nitrogens with zero attached hydrogens (tertiary/aromatic N) is 1. The molecule has 18 heavy (non-hydrogen) atoms. The maximum atomic E-state index is 11.5. The van der Waals surface area contributed by atoms with Gasteiger partial charge in [-0.25, -0.2) is 0 Å². The van der Waals surface area contributed by atoms with Gasteiger partial charge in [0.05, 0.1) is 0 Å². The molecule has 1 aliphatic heterocycles. The highest BCUT2D eigenvalue weighted by molar-refractivity contribution is 14.1. The molecular weight excluding hydrogens is 345 g/mol. The zero-order valence-electron chi connectivity index (χ0n) is 9.52. The average molecular weight is 357 g/mol. The molecule has 6 heteroatoms. The average Bonchev–Trinajstić information content (AvgIpc) is 2.30. The van der Waals surface area contributed by atoms with Crippen LogP contribution in [0.2, 0.25) is 0 Å². The largest absolute Gasteiger partial charge is 0.398 e. The number of carbonyl (C=O) groups excluding carboxylic acids is 2. The van der Waals surface area contributed by atoms with Crippen LogP contribution >= 0.6 is 22.6 Å². The van der Waals surface area contributed by atoms with Crippen molar-refractivity contribution in [1.82, 2.24) is 5.32 Å². The van der Waals surface area contributed by atoms with Crippen molar-refractivity contribution < 1.29 is 9.59 Å². The van der Waals surface area contributed by atoms with Crippen molar-refractivity contribution in [3.05, 3.63) is 27.3 Å². The SMILES string of the molecule is Nc1cc(I)ccc1C=NC1CCC(=O)NC1=O. The van der Waals surface area contributed by atoms with Gasteiger partial charge in [-0.15, -0.1) is 0 Å². The number of rotatable bonds is 2. The minimum Gasteiger partial charge on any atom is -0.398 e. The van der Waals surface area contributed by atoms with Crippen LogP contribution in [0, 0.1) is 3.57 Å². The van der Waals surface area contributed by atoms with Crippen molar-refractivity contribution in [3.8, 4) is 0 Å². The number of imide groups is 1. The Morgan fingerprint density at radius 1 is 1.44 bits per heavy atom. The van der Waals surface area contributed by atoms with Crippen molar-refractivity contribution in [1.29, 1.82) is 0 Å². The Kier molecular flexibility index (Phi) is 3.95. The van der Waals surface area contributed by atoms with Crippen LogP contribution in [0.4, 0.5) is 5.69 Å². The lowest BCUT2D eigenvalue weighted by Gasteiger charge is -2.16. The topological polar surface area (TPSA) is 84.5 Å². The van der Waals surface area contributed by atoms with Crippen molar-refractivity contribution in [2.45, 2.75) is 18.9 Å². The summed E-state index contributed by atoms with van der Waals surface area (Å²) in [5, 5.41) is 2.27. The highest BCUT2D eigenvalue weighted by atomic mass is 127. The van der Waals surface area contributed by atoms with Gasteiger partial charge < -0.3 is 5.73 Å². The molecule has 1 aliphatic rings. The highest BCUT2D eigenvalue weighted by Crippen LogP contribution is 2.15. The first-order valence-corrected chi connectivity index (χ1v) is 6.56. The van der Waals surface area contributed by atoms with Gasteiger partial charge in [0.15, 0.2) is 0 Å². The number of carbonyl (C=O) groups is 2. The van der Waals surface area contributed by atoms with Gasteiger partial charge >= 0.3 is 0 Å². The lowest BCUT2D eigenvalue weighted by atomic mass is 10.1. The molecule has 0 spiro atoms. The molecule has 1 aromatic rings. The van der Waals surface area contributed by atoms with E-state index in [1.165, 1.54) is 0 Å². The summed E-state index contributed by atoms with van der Waals surface area (Å²) >= 11 is 2.17. The fourth-order valence-corrected chi connectivity index (χ4v) is 2.17. The number of piperidine rings is 1. The number of hydrogen-bond acceptors (Lipinski definition) is 4. The van der Waals surface area contributed by atoms with E-state index >= 15 is 0 Å². The molecular formula is C12H12IN3O2. The number of anilines is 1. The van der Waals surface area contributed by atoms with Crippen molar-refractivity contribution in [2.24, 2.45) is 4.99 Å². The third kappa shape index (κ3) is 3.06. The Balaban J connectivity index is 2.11. The lowest BCUT2D eigenvalue weighted by Crippen LogP contribution is -2.43. The minimum atomic E-state index is -0.499. The lowest BCUT2D eigenvalue weighted by molar-refractivity contribution is -0.133. The van der Waals surface area contributed by atoms with Crippen LogP contribution < -0.4 is 11.1 Å². The molecule has 1 fully saturated rings.